The summed E-state index contributed by atoms with van der Waals surface area (Å²) in [4.78, 5) is 26.1. The number of pyridine rings is 1. The Balaban J connectivity index is 2.85. The van der Waals surface area contributed by atoms with Crippen LogP contribution < -0.4 is 0 Å². The zero-order valence-electron chi connectivity index (χ0n) is 9.08. The fraction of sp³-hybridized carbons (Fsp3) is 0.364. The van der Waals surface area contributed by atoms with E-state index in [4.69, 9.17) is 9.84 Å². The molecule has 0 saturated carbocycles. The fourth-order valence-electron chi connectivity index (χ4n) is 1.04. The number of nitrogens with zero attached hydrogens (tertiary/aromatic N) is 1. The summed E-state index contributed by atoms with van der Waals surface area (Å²) in [6.45, 7) is 3.29. The highest BCUT2D eigenvalue weighted by Crippen LogP contribution is 2.18. The summed E-state index contributed by atoms with van der Waals surface area (Å²) in [7, 11) is 0. The summed E-state index contributed by atoms with van der Waals surface area (Å²) in [5.74, 6) is -2.11. The van der Waals surface area contributed by atoms with Crippen LogP contribution in [0.1, 0.15) is 25.5 Å². The zero-order chi connectivity index (χ0) is 12.1. The highest BCUT2D eigenvalue weighted by molar-refractivity contribution is 5.80. The van der Waals surface area contributed by atoms with Crippen LogP contribution in [0.2, 0.25) is 0 Å². The second-order valence-corrected chi connectivity index (χ2v) is 3.60. The number of hydrogen-bond acceptors (Lipinski definition) is 4. The molecule has 0 saturated heterocycles. The first kappa shape index (κ1) is 12.2. The number of carbonyl (C=O) groups excluding carboxylic acids is 1. The van der Waals surface area contributed by atoms with Crippen LogP contribution in [0, 0.1) is 5.92 Å². The monoisotopic (exact) mass is 223 g/mol. The first-order chi connectivity index (χ1) is 7.52. The molecule has 1 N–H and O–H groups in total. The number of rotatable bonds is 4. The van der Waals surface area contributed by atoms with Crippen molar-refractivity contribution in [1.82, 2.24) is 4.98 Å². The van der Waals surface area contributed by atoms with Crippen LogP contribution in [0.4, 0.5) is 0 Å². The summed E-state index contributed by atoms with van der Waals surface area (Å²) >= 11 is 0. The van der Waals surface area contributed by atoms with Crippen LogP contribution in [0.3, 0.4) is 0 Å². The van der Waals surface area contributed by atoms with Gasteiger partial charge >= 0.3 is 11.9 Å². The Hall–Kier alpha value is -1.91. The number of aliphatic carboxylic acids is 1. The van der Waals surface area contributed by atoms with E-state index in [9.17, 15) is 9.59 Å². The maximum atomic E-state index is 11.3. The van der Waals surface area contributed by atoms with E-state index in [0.29, 0.717) is 5.56 Å². The predicted molar refractivity (Wildman–Crippen MR) is 55.5 cm³/mol. The van der Waals surface area contributed by atoms with Crippen molar-refractivity contribution < 1.29 is 19.4 Å². The average Bonchev–Trinajstić information content (AvgIpc) is 2.26. The molecular formula is C11H13NO4. The molecular weight excluding hydrogens is 210 g/mol. The SMILES string of the molecule is CC(C)C(=O)OC(C(=O)O)c1cccnc1. The van der Waals surface area contributed by atoms with Crippen LogP contribution in [0.25, 0.3) is 0 Å². The van der Waals surface area contributed by atoms with Gasteiger partial charge in [-0.15, -0.1) is 0 Å². The maximum Gasteiger partial charge on any atom is 0.349 e. The lowest BCUT2D eigenvalue weighted by Gasteiger charge is -2.14. The molecule has 5 nitrogen and oxygen atoms in total. The minimum atomic E-state index is -1.29. The van der Waals surface area contributed by atoms with Crippen molar-refractivity contribution in [1.29, 1.82) is 0 Å². The van der Waals surface area contributed by atoms with E-state index in [2.05, 4.69) is 4.98 Å². The number of carboxylic acid groups (broad SMARTS) is 1. The van der Waals surface area contributed by atoms with Gasteiger partial charge in [0.1, 0.15) is 0 Å². The quantitative estimate of drug-likeness (QED) is 0.781. The van der Waals surface area contributed by atoms with Gasteiger partial charge in [0.05, 0.1) is 5.92 Å². The number of carbonyl (C=O) groups is 2. The summed E-state index contributed by atoms with van der Waals surface area (Å²) < 4.78 is 4.88. The van der Waals surface area contributed by atoms with Crippen molar-refractivity contribution in [2.45, 2.75) is 20.0 Å². The van der Waals surface area contributed by atoms with E-state index < -0.39 is 18.0 Å². The van der Waals surface area contributed by atoms with Gasteiger partial charge in [-0.2, -0.15) is 0 Å². The number of ether oxygens (including phenoxy) is 1. The first-order valence-electron chi connectivity index (χ1n) is 4.85. The van der Waals surface area contributed by atoms with E-state index in [1.165, 1.54) is 12.4 Å². The van der Waals surface area contributed by atoms with Gasteiger partial charge in [0, 0.05) is 18.0 Å². The van der Waals surface area contributed by atoms with E-state index in [1.807, 2.05) is 0 Å². The molecule has 0 aliphatic carbocycles. The number of hydrogen-bond donors (Lipinski definition) is 1. The second kappa shape index (κ2) is 5.25. The van der Waals surface area contributed by atoms with Gasteiger partial charge < -0.3 is 9.84 Å². The lowest BCUT2D eigenvalue weighted by molar-refractivity contribution is -0.166. The van der Waals surface area contributed by atoms with E-state index in [1.54, 1.807) is 26.0 Å². The van der Waals surface area contributed by atoms with E-state index in [0.717, 1.165) is 0 Å². The summed E-state index contributed by atoms with van der Waals surface area (Å²) in [5, 5.41) is 8.95. The Morgan fingerprint density at radius 2 is 2.12 bits per heavy atom. The van der Waals surface area contributed by atoms with Crippen molar-refractivity contribution in [2.24, 2.45) is 5.92 Å². The lowest BCUT2D eigenvalue weighted by atomic mass is 10.1. The van der Waals surface area contributed by atoms with Crippen molar-refractivity contribution in [3.05, 3.63) is 30.1 Å². The number of aromatic nitrogens is 1. The molecule has 0 radical (unpaired) electrons. The normalized spacial score (nSPS) is 12.2. The molecule has 0 aliphatic rings. The molecule has 1 unspecified atom stereocenters. The van der Waals surface area contributed by atoms with Crippen LogP contribution in [-0.2, 0) is 14.3 Å². The van der Waals surface area contributed by atoms with Gasteiger partial charge in [-0.25, -0.2) is 4.79 Å². The fourth-order valence-corrected chi connectivity index (χ4v) is 1.04. The molecule has 0 amide bonds. The second-order valence-electron chi connectivity index (χ2n) is 3.60. The minimum absolute atomic E-state index is 0.351. The van der Waals surface area contributed by atoms with Crippen molar-refractivity contribution in [3.63, 3.8) is 0 Å². The van der Waals surface area contributed by atoms with Crippen LogP contribution >= 0.6 is 0 Å². The summed E-state index contributed by atoms with van der Waals surface area (Å²) in [6.07, 6.45) is 1.60. The first-order valence-corrected chi connectivity index (χ1v) is 4.85. The molecule has 5 heteroatoms. The Morgan fingerprint density at radius 1 is 1.44 bits per heavy atom. The molecule has 1 atom stereocenters. The lowest BCUT2D eigenvalue weighted by Crippen LogP contribution is -2.22. The van der Waals surface area contributed by atoms with Crippen LogP contribution in [0.15, 0.2) is 24.5 Å². The molecule has 0 bridgehead atoms. The van der Waals surface area contributed by atoms with Gasteiger partial charge in [-0.3, -0.25) is 9.78 Å². The molecule has 16 heavy (non-hydrogen) atoms. The van der Waals surface area contributed by atoms with E-state index in [-0.39, 0.29) is 5.92 Å². The molecule has 1 rings (SSSR count). The molecule has 0 fully saturated rings. The molecule has 86 valence electrons. The number of esters is 1. The molecule has 1 heterocycles. The third-order valence-corrected chi connectivity index (χ3v) is 1.92. The highest BCUT2D eigenvalue weighted by Gasteiger charge is 2.25. The Kier molecular flexibility index (Phi) is 3.99. The van der Waals surface area contributed by atoms with Gasteiger partial charge in [-0.1, -0.05) is 19.9 Å². The highest BCUT2D eigenvalue weighted by atomic mass is 16.6. The zero-order valence-corrected chi connectivity index (χ0v) is 9.08. The Morgan fingerprint density at radius 3 is 2.56 bits per heavy atom. The molecule has 1 aromatic rings. The van der Waals surface area contributed by atoms with Gasteiger partial charge in [0.15, 0.2) is 0 Å². The Labute approximate surface area is 93.1 Å². The van der Waals surface area contributed by atoms with E-state index >= 15 is 0 Å². The van der Waals surface area contributed by atoms with Gasteiger partial charge in [0.25, 0.3) is 0 Å². The Bertz CT molecular complexity index is 375. The standard InChI is InChI=1S/C11H13NO4/c1-7(2)11(15)16-9(10(13)14)8-4-3-5-12-6-8/h3-7,9H,1-2H3,(H,13,14). The third-order valence-electron chi connectivity index (χ3n) is 1.92. The third kappa shape index (κ3) is 3.05. The number of carboxylic acids is 1. The summed E-state index contributed by atoms with van der Waals surface area (Å²) in [6, 6.07) is 3.15. The molecule has 1 aromatic heterocycles. The smallest absolute Gasteiger partial charge is 0.349 e. The van der Waals surface area contributed by atoms with Crippen molar-refractivity contribution in [2.75, 3.05) is 0 Å². The predicted octanol–water partition coefficient (Wildman–Crippen LogP) is 1.41. The van der Waals surface area contributed by atoms with Gasteiger partial charge in [-0.05, 0) is 6.07 Å². The van der Waals surface area contributed by atoms with Gasteiger partial charge in [0.2, 0.25) is 6.10 Å². The van der Waals surface area contributed by atoms with Crippen LogP contribution in [0.5, 0.6) is 0 Å². The topological polar surface area (TPSA) is 76.5 Å². The van der Waals surface area contributed by atoms with Crippen molar-refractivity contribution >= 4 is 11.9 Å². The molecule has 0 aromatic carbocycles. The van der Waals surface area contributed by atoms with Crippen LogP contribution in [-0.4, -0.2) is 22.0 Å². The average molecular weight is 223 g/mol. The largest absolute Gasteiger partial charge is 0.478 e. The molecule has 0 aliphatic heterocycles. The maximum absolute atomic E-state index is 11.3. The molecule has 0 spiro atoms. The minimum Gasteiger partial charge on any atom is -0.478 e. The van der Waals surface area contributed by atoms with Crippen molar-refractivity contribution in [3.8, 4) is 0 Å². The summed E-state index contributed by atoms with van der Waals surface area (Å²) in [5.41, 5.74) is 0.351.